The number of benzene rings is 7. The van der Waals surface area contributed by atoms with Crippen LogP contribution in [0.25, 0.3) is 97.4 Å². The topological polar surface area (TPSA) is 35.6 Å². The standard InChI is InChI=1S/C44H26N4S/c1-2-12-29-27(11-1)21-23-34(43(29)48-38-19-9-5-15-32(38)33-16-6-10-20-39(33)48)44-45-26-41-42(46-44)35-25-28(22-24-40(35)49-41)47-36-17-7-3-13-30(36)31-14-4-8-18-37(31)47/h1-26H. The van der Waals surface area contributed by atoms with Crippen LogP contribution in [0.2, 0.25) is 0 Å². The van der Waals surface area contributed by atoms with Gasteiger partial charge in [0.05, 0.1) is 38.0 Å². The summed E-state index contributed by atoms with van der Waals surface area (Å²) in [6.07, 6.45) is 2.01. The SMILES string of the molecule is c1ccc2c(-n3c4ccccc4c4ccccc43)c(-c3ncc4sc5ccc(-n6c7ccccc7c7ccccc76)cc5c4n3)ccc2c1. The molecule has 0 aliphatic carbocycles. The highest BCUT2D eigenvalue weighted by Crippen LogP contribution is 2.41. The van der Waals surface area contributed by atoms with E-state index in [1.807, 2.05) is 6.20 Å². The summed E-state index contributed by atoms with van der Waals surface area (Å²) in [6, 6.07) is 54.5. The van der Waals surface area contributed by atoms with Crippen LogP contribution in [0.1, 0.15) is 0 Å². The van der Waals surface area contributed by atoms with Gasteiger partial charge in [-0.1, -0.05) is 103 Å². The van der Waals surface area contributed by atoms with E-state index in [1.54, 1.807) is 11.3 Å². The molecule has 0 saturated carbocycles. The molecule has 0 bridgehead atoms. The van der Waals surface area contributed by atoms with Gasteiger partial charge in [-0.2, -0.15) is 0 Å². The Bertz CT molecular complexity index is 3020. The summed E-state index contributed by atoms with van der Waals surface area (Å²) >= 11 is 1.75. The van der Waals surface area contributed by atoms with Gasteiger partial charge < -0.3 is 9.13 Å². The van der Waals surface area contributed by atoms with E-state index < -0.39 is 0 Å². The molecule has 0 aliphatic heterocycles. The second-order valence-corrected chi connectivity index (χ2v) is 13.7. The normalized spacial score (nSPS) is 12.1. The average Bonchev–Trinajstić information content (AvgIpc) is 3.81. The number of rotatable bonds is 3. The summed E-state index contributed by atoms with van der Waals surface area (Å²) < 4.78 is 7.06. The van der Waals surface area contributed by atoms with Crippen LogP contribution in [0.3, 0.4) is 0 Å². The van der Waals surface area contributed by atoms with Gasteiger partial charge in [0, 0.05) is 54.5 Å². The summed E-state index contributed by atoms with van der Waals surface area (Å²) in [6.45, 7) is 0. The van der Waals surface area contributed by atoms with Gasteiger partial charge in [-0.15, -0.1) is 11.3 Å². The lowest BCUT2D eigenvalue weighted by molar-refractivity contribution is 1.17. The van der Waals surface area contributed by atoms with Gasteiger partial charge in [0.25, 0.3) is 0 Å². The number of thiophene rings is 1. The molecule has 0 amide bonds. The molecule has 11 rings (SSSR count). The maximum absolute atomic E-state index is 5.39. The third-order valence-corrected chi connectivity index (χ3v) is 11.1. The molecule has 0 spiro atoms. The van der Waals surface area contributed by atoms with Crippen LogP contribution in [-0.4, -0.2) is 19.1 Å². The number of aromatic nitrogens is 4. The van der Waals surface area contributed by atoms with E-state index in [0.717, 1.165) is 38.4 Å². The van der Waals surface area contributed by atoms with Crippen LogP contribution in [0.4, 0.5) is 0 Å². The summed E-state index contributed by atoms with van der Waals surface area (Å²) in [5.74, 6) is 0.720. The van der Waals surface area contributed by atoms with Gasteiger partial charge in [0.2, 0.25) is 0 Å². The molecule has 228 valence electrons. The highest BCUT2D eigenvalue weighted by Gasteiger charge is 2.21. The first kappa shape index (κ1) is 26.7. The lowest BCUT2D eigenvalue weighted by atomic mass is 10.0. The van der Waals surface area contributed by atoms with Crippen LogP contribution >= 0.6 is 11.3 Å². The molecule has 0 radical (unpaired) electrons. The van der Waals surface area contributed by atoms with E-state index in [9.17, 15) is 0 Å². The monoisotopic (exact) mass is 642 g/mol. The molecule has 0 atom stereocenters. The minimum atomic E-state index is 0.720. The molecule has 5 heteroatoms. The number of hydrogen-bond donors (Lipinski definition) is 0. The van der Waals surface area contributed by atoms with Crippen molar-refractivity contribution in [1.82, 2.24) is 19.1 Å². The Morgan fingerprint density at radius 2 is 1.00 bits per heavy atom. The molecule has 4 aromatic heterocycles. The van der Waals surface area contributed by atoms with Crippen molar-refractivity contribution in [3.63, 3.8) is 0 Å². The predicted octanol–water partition coefficient (Wildman–Crippen LogP) is 11.9. The van der Waals surface area contributed by atoms with Crippen LogP contribution in [0.5, 0.6) is 0 Å². The Morgan fingerprint density at radius 1 is 0.449 bits per heavy atom. The number of nitrogens with zero attached hydrogens (tertiary/aromatic N) is 4. The Kier molecular flexibility index (Phi) is 5.51. The van der Waals surface area contributed by atoms with Crippen molar-refractivity contribution < 1.29 is 0 Å². The largest absolute Gasteiger partial charge is 0.309 e. The fourth-order valence-corrected chi connectivity index (χ4v) is 8.85. The van der Waals surface area contributed by atoms with E-state index in [-0.39, 0.29) is 0 Å². The van der Waals surface area contributed by atoms with Gasteiger partial charge in [-0.3, -0.25) is 0 Å². The van der Waals surface area contributed by atoms with E-state index in [2.05, 4.69) is 161 Å². The fourth-order valence-electron chi connectivity index (χ4n) is 7.86. The second kappa shape index (κ2) is 10.1. The molecular formula is C44H26N4S. The smallest absolute Gasteiger partial charge is 0.162 e. The van der Waals surface area contributed by atoms with Crippen LogP contribution in [-0.2, 0) is 0 Å². The van der Waals surface area contributed by atoms with Gasteiger partial charge in [0.15, 0.2) is 5.82 Å². The van der Waals surface area contributed by atoms with Crippen molar-refractivity contribution >= 4 is 86.0 Å². The van der Waals surface area contributed by atoms with Crippen LogP contribution in [0.15, 0.2) is 158 Å². The Hall–Kier alpha value is -6.30. The summed E-state index contributed by atoms with van der Waals surface area (Å²) in [5, 5.41) is 8.46. The highest BCUT2D eigenvalue weighted by atomic mass is 32.1. The van der Waals surface area contributed by atoms with Gasteiger partial charge in [0.1, 0.15) is 0 Å². The summed E-state index contributed by atoms with van der Waals surface area (Å²) in [5.41, 5.74) is 8.94. The molecule has 0 saturated heterocycles. The highest BCUT2D eigenvalue weighted by molar-refractivity contribution is 7.25. The first-order valence-corrected chi connectivity index (χ1v) is 17.3. The molecule has 0 unspecified atom stereocenters. The van der Waals surface area contributed by atoms with Crippen molar-refractivity contribution in [2.75, 3.05) is 0 Å². The van der Waals surface area contributed by atoms with Crippen LogP contribution in [0, 0.1) is 0 Å². The zero-order valence-electron chi connectivity index (χ0n) is 26.2. The van der Waals surface area contributed by atoms with Crippen molar-refractivity contribution in [2.24, 2.45) is 0 Å². The Morgan fingerprint density at radius 3 is 1.63 bits per heavy atom. The molecular weight excluding hydrogens is 617 g/mol. The van der Waals surface area contributed by atoms with Gasteiger partial charge in [-0.05, 0) is 53.9 Å². The second-order valence-electron chi connectivity index (χ2n) is 12.6. The predicted molar refractivity (Wildman–Crippen MR) is 207 cm³/mol. The van der Waals surface area contributed by atoms with E-state index in [4.69, 9.17) is 9.97 Å². The number of hydrogen-bond acceptors (Lipinski definition) is 3. The molecule has 4 nitrogen and oxygen atoms in total. The quantitative estimate of drug-likeness (QED) is 0.192. The van der Waals surface area contributed by atoms with Crippen molar-refractivity contribution in [3.05, 3.63) is 158 Å². The van der Waals surface area contributed by atoms with E-state index >= 15 is 0 Å². The Labute approximate surface area is 284 Å². The molecule has 0 N–H and O–H groups in total. The molecule has 0 aliphatic rings. The minimum Gasteiger partial charge on any atom is -0.309 e. The van der Waals surface area contributed by atoms with Crippen LogP contribution < -0.4 is 0 Å². The number of para-hydroxylation sites is 4. The lowest BCUT2D eigenvalue weighted by Gasteiger charge is -2.16. The molecule has 49 heavy (non-hydrogen) atoms. The third-order valence-electron chi connectivity index (χ3n) is 9.98. The molecule has 7 aromatic carbocycles. The average molecular weight is 643 g/mol. The molecule has 4 heterocycles. The first-order valence-electron chi connectivity index (χ1n) is 16.5. The van der Waals surface area contributed by atoms with Gasteiger partial charge >= 0.3 is 0 Å². The van der Waals surface area contributed by atoms with Crippen molar-refractivity contribution in [1.29, 1.82) is 0 Å². The maximum Gasteiger partial charge on any atom is 0.162 e. The fraction of sp³-hybridized carbons (Fsp3) is 0. The van der Waals surface area contributed by atoms with E-state index in [1.165, 1.54) is 59.1 Å². The maximum atomic E-state index is 5.39. The van der Waals surface area contributed by atoms with Gasteiger partial charge in [-0.25, -0.2) is 9.97 Å². The first-order chi connectivity index (χ1) is 24.3. The third kappa shape index (κ3) is 3.79. The number of fused-ring (bicyclic) bond motifs is 10. The lowest BCUT2D eigenvalue weighted by Crippen LogP contribution is -2.01. The van der Waals surface area contributed by atoms with Crippen molar-refractivity contribution in [3.8, 4) is 22.8 Å². The molecule has 0 fully saturated rings. The zero-order valence-corrected chi connectivity index (χ0v) is 27.0. The molecule has 11 aromatic rings. The Balaban J connectivity index is 1.18. The van der Waals surface area contributed by atoms with E-state index in [0.29, 0.717) is 0 Å². The minimum absolute atomic E-state index is 0.720. The summed E-state index contributed by atoms with van der Waals surface area (Å²) in [4.78, 5) is 10.4. The zero-order chi connectivity index (χ0) is 32.1. The summed E-state index contributed by atoms with van der Waals surface area (Å²) in [7, 11) is 0. The van der Waals surface area contributed by atoms with Crippen molar-refractivity contribution in [2.45, 2.75) is 0 Å².